The van der Waals surface area contributed by atoms with Crippen molar-refractivity contribution in [3.05, 3.63) is 39.5 Å². The molecule has 3 heterocycles. The Kier molecular flexibility index (Phi) is 7.94. The molecule has 10 heteroatoms. The highest BCUT2D eigenvalue weighted by Crippen LogP contribution is 2.28. The average molecular weight is 446 g/mol. The first-order valence-corrected chi connectivity index (χ1v) is 11.2. The minimum absolute atomic E-state index is 0.0414. The number of carboxylic acids is 1. The van der Waals surface area contributed by atoms with E-state index in [1.807, 2.05) is 13.0 Å². The van der Waals surface area contributed by atoms with E-state index in [0.717, 1.165) is 40.8 Å². The molecule has 2 aromatic heterocycles. The molecule has 3 rings (SSSR count). The van der Waals surface area contributed by atoms with Gasteiger partial charge in [-0.15, -0.1) is 11.3 Å². The van der Waals surface area contributed by atoms with Crippen molar-refractivity contribution in [2.45, 2.75) is 57.8 Å². The number of hydrogen-bond donors (Lipinski definition) is 4. The number of thiazole rings is 1. The molecule has 166 valence electrons. The van der Waals surface area contributed by atoms with Gasteiger partial charge in [0.1, 0.15) is 5.82 Å². The highest BCUT2D eigenvalue weighted by Gasteiger charge is 2.21. The maximum Gasteiger partial charge on any atom is 0.304 e. The third-order valence-corrected chi connectivity index (χ3v) is 6.10. The molecule has 0 radical (unpaired) electrons. The van der Waals surface area contributed by atoms with Crippen LogP contribution < -0.4 is 16.2 Å². The number of aliphatic carboxylic acids is 1. The summed E-state index contributed by atoms with van der Waals surface area (Å²) >= 11 is 1.37. The molecule has 9 nitrogen and oxygen atoms in total. The number of rotatable bonds is 9. The lowest BCUT2D eigenvalue weighted by atomic mass is 10.00. The van der Waals surface area contributed by atoms with Gasteiger partial charge in [0, 0.05) is 42.1 Å². The topological polar surface area (TPSA) is 133 Å². The molecule has 0 spiro atoms. The van der Waals surface area contributed by atoms with Gasteiger partial charge >= 0.3 is 5.97 Å². The normalized spacial score (nSPS) is 13.6. The van der Waals surface area contributed by atoms with Crippen LogP contribution in [0.4, 0.5) is 5.82 Å². The Bertz CT molecular complexity index is 946. The zero-order chi connectivity index (χ0) is 22.2. The van der Waals surface area contributed by atoms with Crippen LogP contribution in [-0.2, 0) is 27.2 Å². The molecule has 2 amide bonds. The highest BCUT2D eigenvalue weighted by atomic mass is 32.1. The number of aromatic nitrogens is 2. The van der Waals surface area contributed by atoms with Crippen LogP contribution in [0.1, 0.15) is 59.2 Å². The Hall–Kier alpha value is -3.01. The third kappa shape index (κ3) is 7.02. The van der Waals surface area contributed by atoms with Crippen LogP contribution in [0.15, 0.2) is 18.3 Å². The number of carboxylic acid groups (broad SMARTS) is 1. The lowest BCUT2D eigenvalue weighted by molar-refractivity contribution is -0.137. The molecular weight excluding hydrogens is 418 g/mol. The van der Waals surface area contributed by atoms with Crippen LogP contribution in [0.3, 0.4) is 0 Å². The van der Waals surface area contributed by atoms with E-state index in [9.17, 15) is 14.4 Å². The van der Waals surface area contributed by atoms with Gasteiger partial charge in [-0.1, -0.05) is 6.07 Å². The van der Waals surface area contributed by atoms with Gasteiger partial charge in [-0.05, 0) is 44.2 Å². The van der Waals surface area contributed by atoms with Crippen LogP contribution in [-0.4, -0.2) is 39.4 Å². The summed E-state index contributed by atoms with van der Waals surface area (Å²) in [7, 11) is 0. The van der Waals surface area contributed by atoms with Crippen molar-refractivity contribution in [3.63, 3.8) is 0 Å². The zero-order valence-electron chi connectivity index (χ0n) is 17.4. The summed E-state index contributed by atoms with van der Waals surface area (Å²) in [4.78, 5) is 44.8. The number of pyridine rings is 1. The van der Waals surface area contributed by atoms with Crippen molar-refractivity contribution in [3.8, 4) is 0 Å². The first kappa shape index (κ1) is 22.7. The van der Waals surface area contributed by atoms with Gasteiger partial charge in [-0.2, -0.15) is 0 Å². The second-order valence-corrected chi connectivity index (χ2v) is 8.84. The number of carbonyl (C=O) groups is 3. The third-order valence-electron chi connectivity index (χ3n) is 5.02. The lowest BCUT2D eigenvalue weighted by Crippen LogP contribution is -2.42. The minimum atomic E-state index is -0.987. The molecule has 0 saturated carbocycles. The second-order valence-electron chi connectivity index (χ2n) is 7.57. The molecule has 0 aromatic carbocycles. The van der Waals surface area contributed by atoms with Crippen molar-refractivity contribution in [1.82, 2.24) is 20.8 Å². The molecule has 0 aliphatic carbocycles. The molecule has 1 aliphatic heterocycles. The van der Waals surface area contributed by atoms with Crippen LogP contribution in [0.2, 0.25) is 0 Å². The lowest BCUT2D eigenvalue weighted by Gasteiger charge is -2.17. The van der Waals surface area contributed by atoms with E-state index in [1.54, 1.807) is 6.20 Å². The number of aryl methyl sites for hydroxylation is 3. The molecule has 0 saturated heterocycles. The summed E-state index contributed by atoms with van der Waals surface area (Å²) in [5.41, 5.74) is 6.94. The maximum atomic E-state index is 12.2. The SMILES string of the molecule is Cc1ncc(C(CC(=O)O)CC(=O)NNC(=O)CCCc2ccc3c(n2)NCCC3)s1. The molecule has 1 aliphatic rings. The van der Waals surface area contributed by atoms with E-state index in [-0.39, 0.29) is 25.2 Å². The van der Waals surface area contributed by atoms with Crippen LogP contribution in [0.25, 0.3) is 0 Å². The predicted octanol–water partition coefficient (Wildman–Crippen LogP) is 2.32. The molecule has 0 fully saturated rings. The summed E-state index contributed by atoms with van der Waals surface area (Å²) < 4.78 is 0. The fourth-order valence-corrected chi connectivity index (χ4v) is 4.35. The van der Waals surface area contributed by atoms with Gasteiger partial charge in [0.2, 0.25) is 11.8 Å². The van der Waals surface area contributed by atoms with Gasteiger partial charge < -0.3 is 10.4 Å². The molecule has 4 N–H and O–H groups in total. The predicted molar refractivity (Wildman–Crippen MR) is 117 cm³/mol. The van der Waals surface area contributed by atoms with E-state index in [0.29, 0.717) is 12.8 Å². The summed E-state index contributed by atoms with van der Waals surface area (Å²) in [6.45, 7) is 2.75. The van der Waals surface area contributed by atoms with E-state index < -0.39 is 17.8 Å². The fourth-order valence-electron chi connectivity index (χ4n) is 3.47. The number of amides is 2. The standard InChI is InChI=1S/C21H27N5O4S/c1-13-23-12-17(31-13)15(11-20(29)30)10-19(28)26-25-18(27)6-2-5-16-8-7-14-4-3-9-22-21(14)24-16/h7-8,12,15H,2-6,9-11H2,1H3,(H,22,24)(H,25,27)(H,26,28)(H,29,30). The first-order valence-electron chi connectivity index (χ1n) is 10.3. The van der Waals surface area contributed by atoms with Gasteiger partial charge in [0.05, 0.1) is 11.4 Å². The summed E-state index contributed by atoms with van der Waals surface area (Å²) in [5.74, 6) is -1.27. The Labute approximate surface area is 184 Å². The monoisotopic (exact) mass is 445 g/mol. The van der Waals surface area contributed by atoms with Crippen LogP contribution >= 0.6 is 11.3 Å². The Morgan fingerprint density at radius 1 is 1.23 bits per heavy atom. The van der Waals surface area contributed by atoms with E-state index in [2.05, 4.69) is 32.2 Å². The van der Waals surface area contributed by atoms with E-state index in [4.69, 9.17) is 5.11 Å². The van der Waals surface area contributed by atoms with Crippen molar-refractivity contribution in [2.75, 3.05) is 11.9 Å². The quantitative estimate of drug-likeness (QED) is 0.435. The van der Waals surface area contributed by atoms with Crippen LogP contribution in [0, 0.1) is 6.92 Å². The van der Waals surface area contributed by atoms with Crippen molar-refractivity contribution in [1.29, 1.82) is 0 Å². The molecule has 31 heavy (non-hydrogen) atoms. The number of hydrogen-bond acceptors (Lipinski definition) is 7. The summed E-state index contributed by atoms with van der Waals surface area (Å²) in [6.07, 6.45) is 5.06. The molecule has 1 unspecified atom stereocenters. The van der Waals surface area contributed by atoms with E-state index >= 15 is 0 Å². The molecule has 1 atom stereocenters. The van der Waals surface area contributed by atoms with Crippen LogP contribution in [0.5, 0.6) is 0 Å². The highest BCUT2D eigenvalue weighted by molar-refractivity contribution is 7.11. The van der Waals surface area contributed by atoms with Gasteiger partial charge in [0.15, 0.2) is 0 Å². The minimum Gasteiger partial charge on any atom is -0.481 e. The summed E-state index contributed by atoms with van der Waals surface area (Å²) in [6, 6.07) is 4.08. The number of nitrogens with one attached hydrogen (secondary N) is 3. The van der Waals surface area contributed by atoms with Crippen molar-refractivity contribution >= 4 is 34.9 Å². The number of nitrogens with zero attached hydrogens (tertiary/aromatic N) is 2. The van der Waals surface area contributed by atoms with E-state index in [1.165, 1.54) is 16.9 Å². The molecule has 0 bridgehead atoms. The van der Waals surface area contributed by atoms with Gasteiger partial charge in [-0.3, -0.25) is 25.2 Å². The fraction of sp³-hybridized carbons (Fsp3) is 0.476. The molecular formula is C21H27N5O4S. The Morgan fingerprint density at radius 3 is 2.77 bits per heavy atom. The number of fused-ring (bicyclic) bond motifs is 1. The van der Waals surface area contributed by atoms with Crippen molar-refractivity contribution < 1.29 is 19.5 Å². The maximum absolute atomic E-state index is 12.2. The number of carbonyl (C=O) groups excluding carboxylic acids is 2. The second kappa shape index (κ2) is 10.9. The van der Waals surface area contributed by atoms with Gasteiger partial charge in [-0.25, -0.2) is 9.97 Å². The largest absolute Gasteiger partial charge is 0.481 e. The Balaban J connectivity index is 1.40. The average Bonchev–Trinajstić information content (AvgIpc) is 3.18. The smallest absolute Gasteiger partial charge is 0.304 e. The zero-order valence-corrected chi connectivity index (χ0v) is 18.3. The van der Waals surface area contributed by atoms with Gasteiger partial charge in [0.25, 0.3) is 0 Å². The first-order chi connectivity index (χ1) is 14.9. The Morgan fingerprint density at radius 2 is 2.03 bits per heavy atom. The number of anilines is 1. The molecule has 2 aromatic rings. The number of hydrazine groups is 1. The summed E-state index contributed by atoms with van der Waals surface area (Å²) in [5, 5.41) is 13.2. The van der Waals surface area contributed by atoms with Crippen molar-refractivity contribution in [2.24, 2.45) is 0 Å².